The Hall–Kier alpha value is -2.10. The summed E-state index contributed by atoms with van der Waals surface area (Å²) in [6.07, 6.45) is 1.75. The van der Waals surface area contributed by atoms with E-state index in [1.54, 1.807) is 20.4 Å². The third-order valence-corrected chi connectivity index (χ3v) is 3.13. The van der Waals surface area contributed by atoms with Gasteiger partial charge in [-0.1, -0.05) is 33.8 Å². The number of pyridine rings is 2. The van der Waals surface area contributed by atoms with Gasteiger partial charge < -0.3 is 9.47 Å². The molecule has 2 aromatic rings. The van der Waals surface area contributed by atoms with Crippen LogP contribution in [0.1, 0.15) is 50.9 Å². The van der Waals surface area contributed by atoms with Crippen molar-refractivity contribution in [2.24, 2.45) is 0 Å². The van der Waals surface area contributed by atoms with Gasteiger partial charge in [0.1, 0.15) is 5.75 Å². The molecule has 0 atom stereocenters. The summed E-state index contributed by atoms with van der Waals surface area (Å²) in [4.78, 5) is 8.49. The average Bonchev–Trinajstić information content (AvgIpc) is 2.55. The molecule has 0 N–H and O–H groups in total. The second kappa shape index (κ2) is 9.03. The van der Waals surface area contributed by atoms with Crippen molar-refractivity contribution in [2.75, 3.05) is 14.2 Å². The first-order chi connectivity index (χ1) is 10.5. The molecule has 0 saturated carbocycles. The normalized spacial score (nSPS) is 10.2. The van der Waals surface area contributed by atoms with E-state index in [2.05, 4.69) is 37.7 Å². The van der Waals surface area contributed by atoms with Gasteiger partial charge in [0.25, 0.3) is 0 Å². The number of hydrogen-bond donors (Lipinski definition) is 0. The maximum Gasteiger partial charge on any atom is 0.213 e. The quantitative estimate of drug-likeness (QED) is 0.838. The molecule has 4 nitrogen and oxygen atoms in total. The number of hydrogen-bond acceptors (Lipinski definition) is 4. The standard InChI is InChI=1S/2C9H13NO/c1-7(2)9-5-4-8(11-3)6-10-9;1-7(2)8-5-4-6-9(10-8)11-3/h2*4-7H,1-3H3. The lowest BCUT2D eigenvalue weighted by Crippen LogP contribution is -1.94. The van der Waals surface area contributed by atoms with Gasteiger partial charge in [-0.05, 0) is 30.0 Å². The topological polar surface area (TPSA) is 44.2 Å². The Morgan fingerprint density at radius 3 is 1.95 bits per heavy atom. The van der Waals surface area contributed by atoms with Crippen molar-refractivity contribution in [3.05, 3.63) is 47.9 Å². The van der Waals surface area contributed by atoms with Crippen LogP contribution in [0.4, 0.5) is 0 Å². The van der Waals surface area contributed by atoms with Crippen molar-refractivity contribution < 1.29 is 9.47 Å². The zero-order valence-electron chi connectivity index (χ0n) is 14.3. The van der Waals surface area contributed by atoms with Gasteiger partial charge in [-0.25, -0.2) is 4.98 Å². The minimum Gasteiger partial charge on any atom is -0.495 e. The fourth-order valence-electron chi connectivity index (χ4n) is 1.72. The molecule has 2 aromatic heterocycles. The van der Waals surface area contributed by atoms with Gasteiger partial charge in [0.15, 0.2) is 0 Å². The zero-order chi connectivity index (χ0) is 16.5. The van der Waals surface area contributed by atoms with E-state index < -0.39 is 0 Å². The largest absolute Gasteiger partial charge is 0.495 e. The van der Waals surface area contributed by atoms with E-state index in [1.165, 1.54) is 0 Å². The molecule has 120 valence electrons. The number of methoxy groups -OCH3 is 2. The van der Waals surface area contributed by atoms with Gasteiger partial charge in [-0.2, -0.15) is 0 Å². The SMILES string of the molecule is COc1ccc(C(C)C)nc1.COc1cccc(C(C)C)n1. The van der Waals surface area contributed by atoms with Crippen LogP contribution in [0.3, 0.4) is 0 Å². The van der Waals surface area contributed by atoms with Gasteiger partial charge in [-0.15, -0.1) is 0 Å². The molecular formula is C18H26N2O2. The summed E-state index contributed by atoms with van der Waals surface area (Å²) >= 11 is 0. The molecule has 0 spiro atoms. The minimum atomic E-state index is 0.463. The van der Waals surface area contributed by atoms with Gasteiger partial charge in [0.05, 0.1) is 20.4 Å². The molecule has 0 aliphatic heterocycles. The van der Waals surface area contributed by atoms with Crippen LogP contribution < -0.4 is 9.47 Å². The Morgan fingerprint density at radius 1 is 0.818 bits per heavy atom. The summed E-state index contributed by atoms with van der Waals surface area (Å²) in [5.74, 6) is 2.46. The first-order valence-corrected chi connectivity index (χ1v) is 7.48. The summed E-state index contributed by atoms with van der Waals surface area (Å²) in [5, 5.41) is 0. The minimum absolute atomic E-state index is 0.463. The predicted molar refractivity (Wildman–Crippen MR) is 89.8 cm³/mol. The Bertz CT molecular complexity index is 551. The fraction of sp³-hybridized carbons (Fsp3) is 0.444. The molecule has 0 aromatic carbocycles. The van der Waals surface area contributed by atoms with Crippen molar-refractivity contribution in [3.8, 4) is 11.6 Å². The first-order valence-electron chi connectivity index (χ1n) is 7.48. The third kappa shape index (κ3) is 5.72. The van der Waals surface area contributed by atoms with Crippen molar-refractivity contribution >= 4 is 0 Å². The zero-order valence-corrected chi connectivity index (χ0v) is 14.3. The van der Waals surface area contributed by atoms with E-state index in [0.29, 0.717) is 17.7 Å². The highest BCUT2D eigenvalue weighted by molar-refractivity contribution is 5.21. The summed E-state index contributed by atoms with van der Waals surface area (Å²) in [6.45, 7) is 8.47. The molecule has 0 aliphatic carbocycles. The van der Waals surface area contributed by atoms with E-state index >= 15 is 0 Å². The van der Waals surface area contributed by atoms with Crippen LogP contribution in [-0.2, 0) is 0 Å². The Labute approximate surface area is 133 Å². The number of rotatable bonds is 4. The molecule has 22 heavy (non-hydrogen) atoms. The van der Waals surface area contributed by atoms with Crippen LogP contribution >= 0.6 is 0 Å². The van der Waals surface area contributed by atoms with Crippen LogP contribution in [0.2, 0.25) is 0 Å². The molecule has 0 amide bonds. The molecule has 4 heteroatoms. The van der Waals surface area contributed by atoms with Crippen molar-refractivity contribution in [1.29, 1.82) is 0 Å². The number of ether oxygens (including phenoxy) is 2. The monoisotopic (exact) mass is 302 g/mol. The molecule has 2 rings (SSSR count). The van der Waals surface area contributed by atoms with Crippen molar-refractivity contribution in [2.45, 2.75) is 39.5 Å². The Morgan fingerprint density at radius 2 is 1.50 bits per heavy atom. The van der Waals surface area contributed by atoms with E-state index in [-0.39, 0.29) is 0 Å². The Kier molecular flexibility index (Phi) is 7.37. The van der Waals surface area contributed by atoms with Gasteiger partial charge in [0.2, 0.25) is 5.88 Å². The first kappa shape index (κ1) is 18.0. The highest BCUT2D eigenvalue weighted by atomic mass is 16.5. The van der Waals surface area contributed by atoms with E-state index in [0.717, 1.165) is 17.1 Å². The van der Waals surface area contributed by atoms with Crippen molar-refractivity contribution in [3.63, 3.8) is 0 Å². The molecule has 2 heterocycles. The summed E-state index contributed by atoms with van der Waals surface area (Å²) < 4.78 is 9.98. The van der Waals surface area contributed by atoms with Crippen LogP contribution in [0, 0.1) is 0 Å². The van der Waals surface area contributed by atoms with Crippen LogP contribution in [-0.4, -0.2) is 24.2 Å². The predicted octanol–water partition coefficient (Wildman–Crippen LogP) is 4.43. The number of aromatic nitrogens is 2. The number of nitrogens with zero attached hydrogens (tertiary/aromatic N) is 2. The molecule has 0 bridgehead atoms. The van der Waals surface area contributed by atoms with E-state index in [9.17, 15) is 0 Å². The molecule has 0 unspecified atom stereocenters. The van der Waals surface area contributed by atoms with Crippen LogP contribution in [0.25, 0.3) is 0 Å². The van der Waals surface area contributed by atoms with Gasteiger partial charge in [0, 0.05) is 17.5 Å². The maximum atomic E-state index is 4.99. The second-order valence-corrected chi connectivity index (χ2v) is 5.54. The Balaban J connectivity index is 0.000000220. The summed E-state index contributed by atoms with van der Waals surface area (Å²) in [5.41, 5.74) is 2.18. The highest BCUT2D eigenvalue weighted by Crippen LogP contribution is 2.15. The lowest BCUT2D eigenvalue weighted by atomic mass is 10.1. The smallest absolute Gasteiger partial charge is 0.213 e. The van der Waals surface area contributed by atoms with Crippen molar-refractivity contribution in [1.82, 2.24) is 9.97 Å². The lowest BCUT2D eigenvalue weighted by Gasteiger charge is -2.04. The lowest BCUT2D eigenvalue weighted by molar-refractivity contribution is 0.395. The summed E-state index contributed by atoms with van der Waals surface area (Å²) in [7, 11) is 3.28. The fourth-order valence-corrected chi connectivity index (χ4v) is 1.72. The van der Waals surface area contributed by atoms with Crippen LogP contribution in [0.15, 0.2) is 36.5 Å². The molecule has 0 fully saturated rings. The van der Waals surface area contributed by atoms with Crippen LogP contribution in [0.5, 0.6) is 11.6 Å². The second-order valence-electron chi connectivity index (χ2n) is 5.54. The molecule has 0 aliphatic rings. The van der Waals surface area contributed by atoms with E-state index in [1.807, 2.05) is 30.3 Å². The van der Waals surface area contributed by atoms with Gasteiger partial charge >= 0.3 is 0 Å². The molecule has 0 saturated heterocycles. The van der Waals surface area contributed by atoms with E-state index in [4.69, 9.17) is 9.47 Å². The molecule has 0 radical (unpaired) electrons. The maximum absolute atomic E-state index is 4.99. The third-order valence-electron chi connectivity index (χ3n) is 3.13. The van der Waals surface area contributed by atoms with Gasteiger partial charge in [-0.3, -0.25) is 4.98 Å². The average molecular weight is 302 g/mol. The summed E-state index contributed by atoms with van der Waals surface area (Å²) in [6, 6.07) is 9.74. The molecular weight excluding hydrogens is 276 g/mol. The highest BCUT2D eigenvalue weighted by Gasteiger charge is 2.00.